The second-order valence-corrected chi connectivity index (χ2v) is 45.0. The minimum atomic E-state index is -2.80. The van der Waals surface area contributed by atoms with Crippen molar-refractivity contribution < 1.29 is 9.47 Å². The maximum atomic E-state index is 7.29. The van der Waals surface area contributed by atoms with Gasteiger partial charge >= 0.3 is 324 Å². The van der Waals surface area contributed by atoms with Gasteiger partial charge in [0.25, 0.3) is 0 Å². The molecule has 0 amide bonds. The molecule has 290 valence electrons. The van der Waals surface area contributed by atoms with Gasteiger partial charge in [-0.1, -0.05) is 0 Å². The molecular formula is C44H88O2SSn2. The molecule has 0 aromatic carbocycles. The van der Waals surface area contributed by atoms with Gasteiger partial charge in [-0.2, -0.15) is 0 Å². The van der Waals surface area contributed by atoms with E-state index in [1.165, 1.54) is 192 Å². The molecule has 0 bridgehead atoms. The van der Waals surface area contributed by atoms with E-state index in [2.05, 4.69) is 66.7 Å². The summed E-state index contributed by atoms with van der Waals surface area (Å²) >= 11 is -3.20. The molecule has 0 saturated carbocycles. The van der Waals surface area contributed by atoms with Crippen molar-refractivity contribution >= 4 is 53.9 Å². The molecule has 1 aromatic heterocycles. The molecule has 0 fully saturated rings. The molecule has 1 aromatic rings. The number of unbranched alkanes of at least 4 members (excludes halogenated alkanes) is 16. The Kier molecular flexibility index (Phi) is 30.6. The number of ether oxygens (including phenoxy) is 2. The molecule has 1 heterocycles. The molecule has 0 N–H and O–H groups in total. The van der Waals surface area contributed by atoms with Crippen molar-refractivity contribution in [2.45, 2.75) is 236 Å². The Bertz CT molecular complexity index is 772. The molecule has 0 aliphatic rings. The van der Waals surface area contributed by atoms with E-state index in [4.69, 9.17) is 9.47 Å². The van der Waals surface area contributed by atoms with Crippen LogP contribution >= 0.6 is 11.3 Å². The number of hydrogen-bond acceptors (Lipinski definition) is 3. The van der Waals surface area contributed by atoms with Crippen LogP contribution < -0.4 is 15.3 Å². The number of rotatable bonds is 36. The third kappa shape index (κ3) is 18.2. The van der Waals surface area contributed by atoms with Crippen LogP contribution in [-0.2, 0) is 0 Å². The normalized spacial score (nSPS) is 12.2. The SMILES string of the molecule is CCCCCCCCOc1[c]([Sn]([CH2]CCC)([CH2]CCC)[CH2]CCC)s[c]([Sn]([CH2]CCC)([CH2]CCC)[CH2]CCC)c1OCCCCCCCC. The van der Waals surface area contributed by atoms with Gasteiger partial charge in [-0.05, 0) is 0 Å². The van der Waals surface area contributed by atoms with Crippen LogP contribution in [0.25, 0.3) is 0 Å². The molecule has 2 nitrogen and oxygen atoms in total. The van der Waals surface area contributed by atoms with Gasteiger partial charge < -0.3 is 0 Å². The summed E-state index contributed by atoms with van der Waals surface area (Å²) in [6.45, 7) is 21.0. The van der Waals surface area contributed by atoms with Crippen molar-refractivity contribution in [1.82, 2.24) is 0 Å². The third-order valence-corrected chi connectivity index (χ3v) is 48.9. The Hall–Kier alpha value is 0.897. The van der Waals surface area contributed by atoms with Crippen molar-refractivity contribution in [3.8, 4) is 11.5 Å². The average molecular weight is 919 g/mol. The summed E-state index contributed by atoms with van der Waals surface area (Å²) < 4.78 is 27.4. The van der Waals surface area contributed by atoms with Crippen LogP contribution in [0.4, 0.5) is 0 Å². The van der Waals surface area contributed by atoms with E-state index in [-0.39, 0.29) is 0 Å². The van der Waals surface area contributed by atoms with E-state index in [1.54, 1.807) is 0 Å². The zero-order valence-corrected chi connectivity index (χ0v) is 41.4. The summed E-state index contributed by atoms with van der Waals surface area (Å²) in [5.74, 6) is 2.70. The number of thiophene rings is 1. The summed E-state index contributed by atoms with van der Waals surface area (Å²) in [5.41, 5.74) is 0. The fraction of sp³-hybridized carbons (Fsp3) is 0.909. The van der Waals surface area contributed by atoms with Crippen molar-refractivity contribution in [2.24, 2.45) is 0 Å². The van der Waals surface area contributed by atoms with Crippen molar-refractivity contribution in [3.63, 3.8) is 0 Å². The van der Waals surface area contributed by atoms with Crippen LogP contribution in [0.5, 0.6) is 11.5 Å². The second-order valence-electron chi connectivity index (χ2n) is 15.8. The zero-order chi connectivity index (χ0) is 36.1. The van der Waals surface area contributed by atoms with E-state index in [0.717, 1.165) is 13.2 Å². The van der Waals surface area contributed by atoms with Gasteiger partial charge in [-0.3, -0.25) is 0 Å². The van der Waals surface area contributed by atoms with Crippen molar-refractivity contribution in [3.05, 3.63) is 0 Å². The van der Waals surface area contributed by atoms with Gasteiger partial charge in [-0.25, -0.2) is 0 Å². The van der Waals surface area contributed by atoms with Crippen LogP contribution in [0.15, 0.2) is 0 Å². The average Bonchev–Trinajstić information content (AvgIpc) is 3.49. The Morgan fingerprint density at radius 3 is 0.837 bits per heavy atom. The number of hydrogen-bond donors (Lipinski definition) is 0. The van der Waals surface area contributed by atoms with Crippen LogP contribution in [0.2, 0.25) is 26.6 Å². The molecule has 0 unspecified atom stereocenters. The first kappa shape index (κ1) is 47.9. The predicted molar refractivity (Wildman–Crippen MR) is 231 cm³/mol. The Morgan fingerprint density at radius 2 is 0.571 bits per heavy atom. The van der Waals surface area contributed by atoms with Crippen LogP contribution in [-0.4, -0.2) is 50.0 Å². The van der Waals surface area contributed by atoms with Gasteiger partial charge in [-0.15, -0.1) is 0 Å². The fourth-order valence-electron chi connectivity index (χ4n) is 8.00. The molecule has 0 radical (unpaired) electrons. The summed E-state index contributed by atoms with van der Waals surface area (Å²) in [7, 11) is 0. The second kappa shape index (κ2) is 31.3. The Labute approximate surface area is 321 Å². The van der Waals surface area contributed by atoms with Crippen molar-refractivity contribution in [1.29, 1.82) is 0 Å². The van der Waals surface area contributed by atoms with Gasteiger partial charge in [0.15, 0.2) is 0 Å². The first-order valence-corrected chi connectivity index (χ1v) is 38.2. The summed E-state index contributed by atoms with van der Waals surface area (Å²) in [4.78, 5) is 0. The summed E-state index contributed by atoms with van der Waals surface area (Å²) in [6.07, 6.45) is 32.3. The van der Waals surface area contributed by atoms with Crippen LogP contribution in [0, 0.1) is 0 Å². The molecule has 0 saturated heterocycles. The third-order valence-electron chi connectivity index (χ3n) is 11.3. The molecule has 0 aliphatic carbocycles. The van der Waals surface area contributed by atoms with E-state index in [9.17, 15) is 0 Å². The fourth-order valence-corrected chi connectivity index (χ4v) is 50.8. The van der Waals surface area contributed by atoms with Gasteiger partial charge in [0.1, 0.15) is 0 Å². The van der Waals surface area contributed by atoms with Gasteiger partial charge in [0.2, 0.25) is 0 Å². The van der Waals surface area contributed by atoms with Gasteiger partial charge in [0, 0.05) is 0 Å². The molecule has 49 heavy (non-hydrogen) atoms. The molecule has 5 heteroatoms. The van der Waals surface area contributed by atoms with Crippen LogP contribution in [0.3, 0.4) is 0 Å². The standard InChI is InChI=1S/C20H34O2S.6C4H9.2Sn/c1-3-5-7-9-11-13-15-21-19-17-23-18-20(19)22-16-14-12-10-8-6-4-2;6*1-3-4-2;;/h3-16H2,1-2H3;6*1,3-4H2,2H3;;. The van der Waals surface area contributed by atoms with Gasteiger partial charge in [0.05, 0.1) is 0 Å². The summed E-state index contributed by atoms with van der Waals surface area (Å²) in [6, 6.07) is 0. The minimum absolute atomic E-state index is 0.890. The predicted octanol–water partition coefficient (Wildman–Crippen LogP) is 15.3. The van der Waals surface area contributed by atoms with E-state index in [0.29, 0.717) is 0 Å². The monoisotopic (exact) mass is 920 g/mol. The first-order valence-electron chi connectivity index (χ1n) is 22.4. The molecule has 0 atom stereocenters. The quantitative estimate of drug-likeness (QED) is 0.0493. The zero-order valence-electron chi connectivity index (χ0n) is 34.9. The van der Waals surface area contributed by atoms with Crippen LogP contribution in [0.1, 0.15) is 209 Å². The first-order chi connectivity index (χ1) is 24.0. The van der Waals surface area contributed by atoms with E-state index in [1.807, 2.05) is 5.79 Å². The van der Waals surface area contributed by atoms with E-state index < -0.39 is 36.8 Å². The molecule has 0 aliphatic heterocycles. The molecule has 0 spiro atoms. The van der Waals surface area contributed by atoms with E-state index >= 15 is 0 Å². The molecular weight excluding hydrogens is 830 g/mol. The maximum absolute atomic E-state index is 7.29. The Balaban J connectivity index is 3.92. The topological polar surface area (TPSA) is 18.5 Å². The molecule has 1 rings (SSSR count). The Morgan fingerprint density at radius 1 is 0.327 bits per heavy atom. The van der Waals surface area contributed by atoms with Crippen molar-refractivity contribution in [2.75, 3.05) is 13.2 Å². The summed E-state index contributed by atoms with van der Waals surface area (Å²) in [5, 5.41) is 0.